The third-order valence-electron chi connectivity index (χ3n) is 8.08. The van der Waals surface area contributed by atoms with Gasteiger partial charge in [0.05, 0.1) is 36.1 Å². The molecular formula is C34H30Cl2N4O6. The van der Waals surface area contributed by atoms with E-state index in [1.54, 1.807) is 53.1 Å². The highest BCUT2D eigenvalue weighted by Crippen LogP contribution is 2.51. The molecule has 0 N–H and O–H groups in total. The summed E-state index contributed by atoms with van der Waals surface area (Å²) < 4.78 is 26.8. The third-order valence-corrected chi connectivity index (χ3v) is 8.51. The normalized spacial score (nSPS) is 20.9. The van der Waals surface area contributed by atoms with E-state index < -0.39 is 35.8 Å². The zero-order valence-electron chi connectivity index (χ0n) is 24.8. The number of hydrogen-bond acceptors (Lipinski definition) is 9. The monoisotopic (exact) mass is 660 g/mol. The highest BCUT2D eigenvalue weighted by molar-refractivity contribution is 6.35. The Hall–Kier alpha value is -4.35. The van der Waals surface area contributed by atoms with E-state index >= 15 is 0 Å². The number of aromatic nitrogens is 4. The zero-order chi connectivity index (χ0) is 32.1. The Labute approximate surface area is 275 Å². The molecule has 1 saturated heterocycles. The molecule has 236 valence electrons. The third kappa shape index (κ3) is 6.47. The van der Waals surface area contributed by atoms with Crippen molar-refractivity contribution in [1.82, 2.24) is 19.5 Å². The second kappa shape index (κ2) is 14.0. The van der Waals surface area contributed by atoms with Gasteiger partial charge in [0.15, 0.2) is 10.8 Å². The molecule has 0 aliphatic carbocycles. The van der Waals surface area contributed by atoms with E-state index in [4.69, 9.17) is 42.1 Å². The molecule has 0 saturated carbocycles. The van der Waals surface area contributed by atoms with Gasteiger partial charge < -0.3 is 18.9 Å². The second-order valence-electron chi connectivity index (χ2n) is 10.9. The van der Waals surface area contributed by atoms with Crippen LogP contribution in [-0.4, -0.2) is 56.9 Å². The Morgan fingerprint density at radius 2 is 1.52 bits per heavy atom. The topological polar surface area (TPSA) is 115 Å². The van der Waals surface area contributed by atoms with Crippen LogP contribution in [0.1, 0.15) is 45.9 Å². The van der Waals surface area contributed by atoms with Gasteiger partial charge in [-0.2, -0.15) is 4.98 Å². The van der Waals surface area contributed by atoms with Crippen LogP contribution >= 0.6 is 23.2 Å². The lowest BCUT2D eigenvalue weighted by Crippen LogP contribution is -2.46. The van der Waals surface area contributed by atoms with Crippen molar-refractivity contribution < 1.29 is 28.5 Å². The minimum atomic E-state index is -1.01. The molecule has 0 radical (unpaired) electrons. The van der Waals surface area contributed by atoms with Gasteiger partial charge in [0.2, 0.25) is 5.28 Å². The Kier molecular flexibility index (Phi) is 9.60. The van der Waals surface area contributed by atoms with Gasteiger partial charge in [-0.3, -0.25) is 4.57 Å². The average molecular weight is 662 g/mol. The maximum absolute atomic E-state index is 13.6. The number of ether oxygens (including phenoxy) is 4. The summed E-state index contributed by atoms with van der Waals surface area (Å²) in [6.45, 7) is 2.15. The Bertz CT molecular complexity index is 1810. The molecule has 6 rings (SSSR count). The first-order valence-corrected chi connectivity index (χ1v) is 15.5. The van der Waals surface area contributed by atoms with Crippen molar-refractivity contribution >= 4 is 46.3 Å². The number of rotatable bonds is 11. The summed E-state index contributed by atoms with van der Waals surface area (Å²) in [5.74, 6) is -1.10. The van der Waals surface area contributed by atoms with E-state index in [0.717, 1.165) is 5.56 Å². The van der Waals surface area contributed by atoms with Crippen molar-refractivity contribution in [1.29, 1.82) is 0 Å². The van der Waals surface area contributed by atoms with Crippen LogP contribution in [-0.2, 0) is 25.6 Å². The van der Waals surface area contributed by atoms with Crippen LogP contribution in [0.25, 0.3) is 11.2 Å². The van der Waals surface area contributed by atoms with E-state index in [-0.39, 0.29) is 23.7 Å². The van der Waals surface area contributed by atoms with Crippen molar-refractivity contribution in [2.75, 3.05) is 13.2 Å². The van der Waals surface area contributed by atoms with Gasteiger partial charge in [0.1, 0.15) is 30.6 Å². The summed E-state index contributed by atoms with van der Waals surface area (Å²) in [5, 5.41) is 0.00893. The molecule has 2 unspecified atom stereocenters. The first-order chi connectivity index (χ1) is 22.4. The number of nitrogens with zero attached hydrogens (tertiary/aromatic N) is 4. The smallest absolute Gasteiger partial charge is 0.338 e. The van der Waals surface area contributed by atoms with Crippen molar-refractivity contribution in [3.05, 3.63) is 124 Å². The molecule has 0 bridgehead atoms. The number of imidazole rings is 1. The largest absolute Gasteiger partial charge is 0.459 e. The molecule has 46 heavy (non-hydrogen) atoms. The van der Waals surface area contributed by atoms with Crippen LogP contribution in [0.15, 0.2) is 97.3 Å². The van der Waals surface area contributed by atoms with Crippen LogP contribution in [0.5, 0.6) is 0 Å². The van der Waals surface area contributed by atoms with Crippen LogP contribution in [0.3, 0.4) is 0 Å². The summed E-state index contributed by atoms with van der Waals surface area (Å²) in [6.07, 6.45) is -0.721. The number of esters is 2. The first kappa shape index (κ1) is 31.6. The molecule has 2 aromatic heterocycles. The van der Waals surface area contributed by atoms with Gasteiger partial charge in [-0.15, -0.1) is 0 Å². The fraction of sp³-hybridized carbons (Fsp3) is 0.265. The van der Waals surface area contributed by atoms with Crippen LogP contribution in [0, 0.1) is 5.41 Å². The minimum absolute atomic E-state index is 0.0694. The number of carbonyl (C=O) groups excluding carboxylic acids is 2. The number of carbonyl (C=O) groups is 2. The molecule has 12 heteroatoms. The number of hydrogen-bond donors (Lipinski definition) is 0. The fourth-order valence-corrected chi connectivity index (χ4v) is 6.13. The van der Waals surface area contributed by atoms with Gasteiger partial charge in [0, 0.05) is 0 Å². The standard InChI is InChI=1S/C34H30Cl2N4O6/c1-2-34(20-43-18-22-12-6-3-7-13-22)27(46-31(42)24-16-10-5-11-17-24)25(19-44-30(41)23-14-8-4-9-15-23)45-32(34)40-21-37-26-28(35)38-33(36)39-29(26)40/h3-17,21,25,27,32H,2,18-20H2,1H3/t25-,27?,32+,34?/m1/s1. The molecule has 0 amide bonds. The Morgan fingerprint density at radius 1 is 0.891 bits per heavy atom. The lowest BCUT2D eigenvalue weighted by atomic mass is 9.78. The van der Waals surface area contributed by atoms with Gasteiger partial charge >= 0.3 is 11.9 Å². The lowest BCUT2D eigenvalue weighted by molar-refractivity contribution is -0.0873. The van der Waals surface area contributed by atoms with Gasteiger partial charge in [-0.1, -0.05) is 85.3 Å². The number of fused-ring (bicyclic) bond motifs is 1. The SMILES string of the molecule is CCC1(COCc2ccccc2)C(OC(=O)c2ccccc2)[C@@H](COC(=O)c2ccccc2)O[C@@H]1n1cnc2c(Cl)nc(Cl)nc21. The number of benzene rings is 3. The van der Waals surface area contributed by atoms with E-state index in [2.05, 4.69) is 15.0 Å². The summed E-state index contributed by atoms with van der Waals surface area (Å²) in [6, 6.07) is 27.0. The second-order valence-corrected chi connectivity index (χ2v) is 11.6. The van der Waals surface area contributed by atoms with E-state index in [1.165, 1.54) is 6.33 Å². The molecular weight excluding hydrogens is 631 g/mol. The lowest BCUT2D eigenvalue weighted by Gasteiger charge is -2.37. The summed E-state index contributed by atoms with van der Waals surface area (Å²) in [4.78, 5) is 39.4. The van der Waals surface area contributed by atoms with Crippen molar-refractivity contribution in [3.8, 4) is 0 Å². The van der Waals surface area contributed by atoms with Gasteiger partial charge in [-0.05, 0) is 47.9 Å². The van der Waals surface area contributed by atoms with Gasteiger partial charge in [0.25, 0.3) is 0 Å². The Morgan fingerprint density at radius 3 is 2.17 bits per heavy atom. The van der Waals surface area contributed by atoms with Crippen molar-refractivity contribution in [2.24, 2.45) is 5.41 Å². The van der Waals surface area contributed by atoms with Crippen molar-refractivity contribution in [3.63, 3.8) is 0 Å². The van der Waals surface area contributed by atoms with E-state index in [0.29, 0.717) is 35.3 Å². The molecule has 4 atom stereocenters. The number of halogens is 2. The fourth-order valence-electron chi connectivity index (χ4n) is 5.71. The predicted molar refractivity (Wildman–Crippen MR) is 170 cm³/mol. The highest BCUT2D eigenvalue weighted by atomic mass is 35.5. The van der Waals surface area contributed by atoms with Crippen molar-refractivity contribution in [2.45, 2.75) is 38.4 Å². The summed E-state index contributed by atoms with van der Waals surface area (Å²) >= 11 is 12.6. The van der Waals surface area contributed by atoms with Crippen LogP contribution in [0.4, 0.5) is 0 Å². The van der Waals surface area contributed by atoms with Crippen LogP contribution in [0.2, 0.25) is 10.4 Å². The highest BCUT2D eigenvalue weighted by Gasteiger charge is 2.59. The summed E-state index contributed by atoms with van der Waals surface area (Å²) in [7, 11) is 0. The molecule has 0 spiro atoms. The van der Waals surface area contributed by atoms with E-state index in [9.17, 15) is 9.59 Å². The average Bonchev–Trinajstić information content (AvgIpc) is 3.63. The molecule has 3 aromatic carbocycles. The molecule has 1 fully saturated rings. The Balaban J connectivity index is 1.40. The van der Waals surface area contributed by atoms with E-state index in [1.807, 2.05) is 49.4 Å². The maximum Gasteiger partial charge on any atom is 0.338 e. The minimum Gasteiger partial charge on any atom is -0.459 e. The zero-order valence-corrected chi connectivity index (χ0v) is 26.3. The molecule has 3 heterocycles. The van der Waals surface area contributed by atoms with Gasteiger partial charge in [-0.25, -0.2) is 19.6 Å². The quantitative estimate of drug-likeness (QED) is 0.0864. The first-order valence-electron chi connectivity index (χ1n) is 14.7. The maximum atomic E-state index is 13.6. The van der Waals surface area contributed by atoms with Crippen LogP contribution < -0.4 is 0 Å². The summed E-state index contributed by atoms with van der Waals surface area (Å²) in [5.41, 5.74) is 1.34. The molecule has 1 aliphatic heterocycles. The molecule has 10 nitrogen and oxygen atoms in total. The molecule has 1 aliphatic rings. The molecule has 5 aromatic rings. The predicted octanol–water partition coefficient (Wildman–Crippen LogP) is 6.73.